The molecule has 19 heavy (non-hydrogen) atoms. The van der Waals surface area contributed by atoms with Crippen LogP contribution >= 0.6 is 0 Å². The number of ether oxygens (including phenoxy) is 1. The summed E-state index contributed by atoms with van der Waals surface area (Å²) in [7, 11) is 3.95. The van der Waals surface area contributed by atoms with Crippen LogP contribution in [0.1, 0.15) is 6.42 Å². The van der Waals surface area contributed by atoms with Gasteiger partial charge >= 0.3 is 0 Å². The van der Waals surface area contributed by atoms with Crippen LogP contribution in [0.4, 0.5) is 8.78 Å². The molecule has 1 heterocycles. The van der Waals surface area contributed by atoms with Crippen molar-refractivity contribution in [3.8, 4) is 5.88 Å². The smallest absolute Gasteiger partial charge is 0.221 e. The Morgan fingerprint density at radius 3 is 2.74 bits per heavy atom. The van der Waals surface area contributed by atoms with E-state index in [0.29, 0.717) is 17.4 Å². The summed E-state index contributed by atoms with van der Waals surface area (Å²) in [4.78, 5) is 6.08. The third-order valence-corrected chi connectivity index (χ3v) is 2.75. The van der Waals surface area contributed by atoms with Gasteiger partial charge in [-0.3, -0.25) is 0 Å². The molecule has 0 unspecified atom stereocenters. The highest BCUT2D eigenvalue weighted by atomic mass is 19.1. The van der Waals surface area contributed by atoms with E-state index in [4.69, 9.17) is 4.74 Å². The first-order valence-corrected chi connectivity index (χ1v) is 6.09. The number of fused-ring (bicyclic) bond motifs is 1. The minimum absolute atomic E-state index is 0.273. The summed E-state index contributed by atoms with van der Waals surface area (Å²) in [6.07, 6.45) is 2.29. The van der Waals surface area contributed by atoms with Gasteiger partial charge in [-0.2, -0.15) is 0 Å². The summed E-state index contributed by atoms with van der Waals surface area (Å²) < 4.78 is 32.3. The van der Waals surface area contributed by atoms with Crippen molar-refractivity contribution in [3.05, 3.63) is 36.0 Å². The largest absolute Gasteiger partial charge is 0.477 e. The van der Waals surface area contributed by atoms with Gasteiger partial charge in [0.25, 0.3) is 0 Å². The Labute approximate surface area is 110 Å². The SMILES string of the molecule is CN(C)CCCOc1nccc2c(F)cc(F)cc12. The lowest BCUT2D eigenvalue weighted by molar-refractivity contribution is 0.276. The summed E-state index contributed by atoms with van der Waals surface area (Å²) in [5, 5.41) is 0.684. The third-order valence-electron chi connectivity index (χ3n) is 2.75. The second-order valence-corrected chi connectivity index (χ2v) is 4.60. The normalized spacial score (nSPS) is 11.2. The number of aromatic nitrogens is 1. The molecule has 1 aromatic heterocycles. The van der Waals surface area contributed by atoms with E-state index in [2.05, 4.69) is 4.98 Å². The molecule has 0 fully saturated rings. The number of hydrogen-bond donors (Lipinski definition) is 0. The fourth-order valence-electron chi connectivity index (χ4n) is 1.84. The van der Waals surface area contributed by atoms with Crippen LogP contribution in [0.15, 0.2) is 24.4 Å². The van der Waals surface area contributed by atoms with Gasteiger partial charge < -0.3 is 9.64 Å². The predicted molar refractivity (Wildman–Crippen MR) is 70.3 cm³/mol. The molecule has 102 valence electrons. The quantitative estimate of drug-likeness (QED) is 0.778. The van der Waals surface area contributed by atoms with E-state index < -0.39 is 11.6 Å². The maximum atomic E-state index is 13.6. The molecule has 0 aliphatic carbocycles. The molecular formula is C14H16F2N2O. The van der Waals surface area contributed by atoms with E-state index in [1.54, 1.807) is 0 Å². The molecular weight excluding hydrogens is 250 g/mol. The summed E-state index contributed by atoms with van der Waals surface area (Å²) in [6, 6.07) is 3.61. The van der Waals surface area contributed by atoms with Gasteiger partial charge in [-0.25, -0.2) is 13.8 Å². The number of benzene rings is 1. The fraction of sp³-hybridized carbons (Fsp3) is 0.357. The average molecular weight is 266 g/mol. The maximum Gasteiger partial charge on any atom is 0.221 e. The van der Waals surface area contributed by atoms with Gasteiger partial charge in [-0.1, -0.05) is 0 Å². The van der Waals surface area contributed by atoms with Gasteiger partial charge in [0.1, 0.15) is 11.6 Å². The number of nitrogens with zero attached hydrogens (tertiary/aromatic N) is 2. The zero-order valence-corrected chi connectivity index (χ0v) is 11.0. The first kappa shape index (κ1) is 13.7. The Balaban J connectivity index is 2.19. The lowest BCUT2D eigenvalue weighted by Gasteiger charge is -2.11. The molecule has 0 bridgehead atoms. The van der Waals surface area contributed by atoms with Gasteiger partial charge in [0.2, 0.25) is 5.88 Å². The van der Waals surface area contributed by atoms with E-state index in [-0.39, 0.29) is 5.88 Å². The molecule has 0 saturated carbocycles. The molecule has 1 aromatic carbocycles. The summed E-state index contributed by atoms with van der Waals surface area (Å²) in [6.45, 7) is 1.34. The topological polar surface area (TPSA) is 25.4 Å². The van der Waals surface area contributed by atoms with Crippen LogP contribution in [-0.4, -0.2) is 37.1 Å². The molecule has 0 aliphatic heterocycles. The number of pyridine rings is 1. The number of halogens is 2. The fourth-order valence-corrected chi connectivity index (χ4v) is 1.84. The van der Waals surface area contributed by atoms with E-state index in [1.165, 1.54) is 18.3 Å². The van der Waals surface area contributed by atoms with Gasteiger partial charge in [0.15, 0.2) is 0 Å². The Morgan fingerprint density at radius 2 is 2.00 bits per heavy atom. The summed E-state index contributed by atoms with van der Waals surface area (Å²) in [5.41, 5.74) is 0. The Hall–Kier alpha value is -1.75. The number of hydrogen-bond acceptors (Lipinski definition) is 3. The molecule has 5 heteroatoms. The summed E-state index contributed by atoms with van der Waals surface area (Å²) >= 11 is 0. The number of rotatable bonds is 5. The molecule has 2 rings (SSSR count). The standard InChI is InChI=1S/C14H16F2N2O/c1-18(2)6-3-7-19-14-12-8-10(15)9-13(16)11(12)4-5-17-14/h4-5,8-9H,3,6-7H2,1-2H3. The van der Waals surface area contributed by atoms with Crippen molar-refractivity contribution in [2.24, 2.45) is 0 Å². The highest BCUT2D eigenvalue weighted by Gasteiger charge is 2.09. The van der Waals surface area contributed by atoms with Gasteiger partial charge in [-0.05, 0) is 32.6 Å². The maximum absolute atomic E-state index is 13.6. The molecule has 0 aliphatic rings. The van der Waals surface area contributed by atoms with Gasteiger partial charge in [0, 0.05) is 29.6 Å². The van der Waals surface area contributed by atoms with Crippen molar-refractivity contribution in [1.29, 1.82) is 0 Å². The zero-order chi connectivity index (χ0) is 13.8. The Kier molecular flexibility index (Phi) is 4.27. The van der Waals surface area contributed by atoms with Crippen LogP contribution in [-0.2, 0) is 0 Å². The molecule has 0 radical (unpaired) electrons. The monoisotopic (exact) mass is 266 g/mol. The molecule has 0 N–H and O–H groups in total. The first-order valence-electron chi connectivity index (χ1n) is 6.09. The van der Waals surface area contributed by atoms with Crippen molar-refractivity contribution >= 4 is 10.8 Å². The predicted octanol–water partition coefficient (Wildman–Crippen LogP) is 2.84. The molecule has 0 atom stereocenters. The molecule has 2 aromatic rings. The minimum Gasteiger partial charge on any atom is -0.477 e. The summed E-state index contributed by atoms with van der Waals surface area (Å²) in [5.74, 6) is -0.957. The van der Waals surface area contributed by atoms with E-state index in [9.17, 15) is 8.78 Å². The lowest BCUT2D eigenvalue weighted by Crippen LogP contribution is -2.15. The third kappa shape index (κ3) is 3.38. The van der Waals surface area contributed by atoms with Crippen LogP contribution in [0.25, 0.3) is 10.8 Å². The Morgan fingerprint density at radius 1 is 1.21 bits per heavy atom. The minimum atomic E-state index is -0.629. The highest BCUT2D eigenvalue weighted by molar-refractivity contribution is 5.87. The van der Waals surface area contributed by atoms with Crippen LogP contribution < -0.4 is 4.74 Å². The van der Waals surface area contributed by atoms with Gasteiger partial charge in [0.05, 0.1) is 6.61 Å². The van der Waals surface area contributed by atoms with Gasteiger partial charge in [-0.15, -0.1) is 0 Å². The highest BCUT2D eigenvalue weighted by Crippen LogP contribution is 2.26. The van der Waals surface area contributed by atoms with Crippen molar-refractivity contribution in [3.63, 3.8) is 0 Å². The van der Waals surface area contributed by atoms with E-state index >= 15 is 0 Å². The van der Waals surface area contributed by atoms with Crippen molar-refractivity contribution in [1.82, 2.24) is 9.88 Å². The second-order valence-electron chi connectivity index (χ2n) is 4.60. The first-order chi connectivity index (χ1) is 9.08. The lowest BCUT2D eigenvalue weighted by atomic mass is 10.1. The Bertz CT molecular complexity index is 573. The molecule has 0 amide bonds. The van der Waals surface area contributed by atoms with Crippen LogP contribution in [0.5, 0.6) is 5.88 Å². The van der Waals surface area contributed by atoms with E-state index in [0.717, 1.165) is 19.0 Å². The average Bonchev–Trinajstić information content (AvgIpc) is 2.34. The van der Waals surface area contributed by atoms with Crippen LogP contribution in [0.3, 0.4) is 0 Å². The van der Waals surface area contributed by atoms with Crippen molar-refractivity contribution in [2.45, 2.75) is 6.42 Å². The molecule has 3 nitrogen and oxygen atoms in total. The van der Waals surface area contributed by atoms with Crippen molar-refractivity contribution < 1.29 is 13.5 Å². The zero-order valence-electron chi connectivity index (χ0n) is 11.0. The van der Waals surface area contributed by atoms with Crippen molar-refractivity contribution in [2.75, 3.05) is 27.2 Å². The molecule has 0 spiro atoms. The molecule has 0 saturated heterocycles. The van der Waals surface area contributed by atoms with E-state index in [1.807, 2.05) is 19.0 Å². The van der Waals surface area contributed by atoms with Crippen LogP contribution in [0, 0.1) is 11.6 Å². The second kappa shape index (κ2) is 5.93. The van der Waals surface area contributed by atoms with Crippen LogP contribution in [0.2, 0.25) is 0 Å².